The number of thioether (sulfide) groups is 2. The van der Waals surface area contributed by atoms with Crippen molar-refractivity contribution in [1.29, 1.82) is 0 Å². The van der Waals surface area contributed by atoms with E-state index in [1.807, 2.05) is 31.3 Å². The molecule has 10 heteroatoms. The molecule has 0 aliphatic rings. The smallest absolute Gasteiger partial charge is 0.251 e. The van der Waals surface area contributed by atoms with Crippen molar-refractivity contribution >= 4 is 52.6 Å². The molecule has 3 rings (SSSR count). The number of nitrogens with zero attached hydrogens (tertiary/aromatic N) is 3. The maximum atomic E-state index is 12.4. The Morgan fingerprint density at radius 1 is 1.13 bits per heavy atom. The number of aromatic nitrogens is 3. The van der Waals surface area contributed by atoms with Crippen molar-refractivity contribution < 1.29 is 9.59 Å². The molecule has 30 heavy (non-hydrogen) atoms. The molecule has 1 heterocycles. The molecule has 0 aliphatic carbocycles. The Labute approximate surface area is 188 Å². The van der Waals surface area contributed by atoms with E-state index in [1.165, 1.54) is 11.8 Å². The summed E-state index contributed by atoms with van der Waals surface area (Å²) in [7, 11) is 1.82. The van der Waals surface area contributed by atoms with E-state index in [2.05, 4.69) is 20.8 Å². The number of hydrogen-bond acceptors (Lipinski definition) is 6. The molecule has 0 aliphatic heterocycles. The normalized spacial score (nSPS) is 10.6. The van der Waals surface area contributed by atoms with Gasteiger partial charge in [0.05, 0.1) is 5.75 Å². The highest BCUT2D eigenvalue weighted by Gasteiger charge is 2.10. The summed E-state index contributed by atoms with van der Waals surface area (Å²) in [5.41, 5.74) is 1.06. The van der Waals surface area contributed by atoms with E-state index in [0.717, 1.165) is 10.6 Å². The number of benzene rings is 2. The van der Waals surface area contributed by atoms with Crippen LogP contribution in [0.5, 0.6) is 0 Å². The molecular formula is C20H20ClN5O2S2. The SMILES string of the molecule is Cn1cnnc1SCC(=O)Nc1cccc(C(=O)NCCSc2ccc(Cl)cc2)c1. The molecule has 0 saturated heterocycles. The molecule has 2 amide bonds. The average Bonchev–Trinajstić information content (AvgIpc) is 3.16. The van der Waals surface area contributed by atoms with Crippen LogP contribution < -0.4 is 10.6 Å². The number of nitrogens with one attached hydrogen (secondary N) is 2. The van der Waals surface area contributed by atoms with E-state index in [4.69, 9.17) is 11.6 Å². The quantitative estimate of drug-likeness (QED) is 0.373. The highest BCUT2D eigenvalue weighted by molar-refractivity contribution is 7.99. The van der Waals surface area contributed by atoms with Gasteiger partial charge in [0.1, 0.15) is 6.33 Å². The zero-order valence-electron chi connectivity index (χ0n) is 16.2. The molecule has 0 radical (unpaired) electrons. The Hall–Kier alpha value is -2.49. The number of hydrogen-bond donors (Lipinski definition) is 2. The molecule has 0 saturated carbocycles. The third-order valence-corrected chi connectivity index (χ3v) is 6.18. The topological polar surface area (TPSA) is 88.9 Å². The molecule has 0 fully saturated rings. The maximum Gasteiger partial charge on any atom is 0.251 e. The Bertz CT molecular complexity index is 1010. The van der Waals surface area contributed by atoms with Gasteiger partial charge in [-0.2, -0.15) is 0 Å². The van der Waals surface area contributed by atoms with Gasteiger partial charge in [0.25, 0.3) is 5.91 Å². The predicted molar refractivity (Wildman–Crippen MR) is 121 cm³/mol. The predicted octanol–water partition coefficient (Wildman–Crippen LogP) is 3.72. The van der Waals surface area contributed by atoms with Crippen LogP contribution in [-0.4, -0.2) is 44.6 Å². The number of carbonyl (C=O) groups excluding carboxylic acids is 2. The molecule has 156 valence electrons. The van der Waals surface area contributed by atoms with E-state index in [9.17, 15) is 9.59 Å². The molecule has 0 atom stereocenters. The first-order valence-electron chi connectivity index (χ1n) is 9.04. The Balaban J connectivity index is 1.44. The van der Waals surface area contributed by atoms with Gasteiger partial charge in [0.2, 0.25) is 5.91 Å². The second kappa shape index (κ2) is 11.1. The van der Waals surface area contributed by atoms with E-state index >= 15 is 0 Å². The molecule has 0 unspecified atom stereocenters. The first-order valence-corrected chi connectivity index (χ1v) is 11.4. The Morgan fingerprint density at radius 3 is 2.67 bits per heavy atom. The van der Waals surface area contributed by atoms with Crippen LogP contribution in [0.1, 0.15) is 10.4 Å². The van der Waals surface area contributed by atoms with Crippen LogP contribution in [-0.2, 0) is 11.8 Å². The number of aryl methyl sites for hydroxylation is 1. The van der Waals surface area contributed by atoms with Gasteiger partial charge in [-0.15, -0.1) is 22.0 Å². The van der Waals surface area contributed by atoms with Crippen LogP contribution in [0.4, 0.5) is 5.69 Å². The van der Waals surface area contributed by atoms with E-state index in [1.54, 1.807) is 46.9 Å². The van der Waals surface area contributed by atoms with Gasteiger partial charge in [-0.05, 0) is 42.5 Å². The number of halogens is 1. The zero-order chi connectivity index (χ0) is 21.3. The Kier molecular flexibility index (Phi) is 8.18. The summed E-state index contributed by atoms with van der Waals surface area (Å²) < 4.78 is 1.74. The highest BCUT2D eigenvalue weighted by atomic mass is 35.5. The third kappa shape index (κ3) is 6.79. The van der Waals surface area contributed by atoms with Crippen LogP contribution in [0, 0.1) is 0 Å². The minimum absolute atomic E-state index is 0.181. The van der Waals surface area contributed by atoms with Gasteiger partial charge in [-0.3, -0.25) is 9.59 Å². The largest absolute Gasteiger partial charge is 0.351 e. The molecule has 2 aromatic carbocycles. The lowest BCUT2D eigenvalue weighted by atomic mass is 10.2. The molecule has 0 spiro atoms. The standard InChI is InChI=1S/C20H20ClN5O2S2/c1-26-13-23-25-20(26)30-12-18(27)24-16-4-2-3-14(11-16)19(28)22-9-10-29-17-7-5-15(21)6-8-17/h2-8,11,13H,9-10,12H2,1H3,(H,22,28)(H,24,27). The first-order chi connectivity index (χ1) is 14.5. The summed E-state index contributed by atoms with van der Waals surface area (Å²) in [5.74, 6) is 0.574. The van der Waals surface area contributed by atoms with Gasteiger partial charge in [0.15, 0.2) is 5.16 Å². The monoisotopic (exact) mass is 461 g/mol. The third-order valence-electron chi connectivity index (χ3n) is 3.88. The average molecular weight is 462 g/mol. The van der Waals surface area contributed by atoms with Crippen molar-refractivity contribution in [3.05, 3.63) is 65.4 Å². The molecule has 2 N–H and O–H groups in total. The van der Waals surface area contributed by atoms with Crippen LogP contribution in [0.2, 0.25) is 5.02 Å². The van der Waals surface area contributed by atoms with E-state index in [-0.39, 0.29) is 17.6 Å². The summed E-state index contributed by atoms with van der Waals surface area (Å²) in [6, 6.07) is 14.4. The molecule has 0 bridgehead atoms. The maximum absolute atomic E-state index is 12.4. The molecular weight excluding hydrogens is 442 g/mol. The first kappa shape index (κ1) is 22.2. The fraction of sp³-hybridized carbons (Fsp3) is 0.200. The van der Waals surface area contributed by atoms with Crippen molar-refractivity contribution in [2.24, 2.45) is 7.05 Å². The summed E-state index contributed by atoms with van der Waals surface area (Å²) in [4.78, 5) is 25.6. The van der Waals surface area contributed by atoms with Gasteiger partial charge in [-0.25, -0.2) is 0 Å². The second-order valence-corrected chi connectivity index (χ2v) is 8.75. The Morgan fingerprint density at radius 2 is 1.93 bits per heavy atom. The number of carbonyl (C=O) groups is 2. The van der Waals surface area contributed by atoms with Gasteiger partial charge < -0.3 is 15.2 Å². The van der Waals surface area contributed by atoms with E-state index in [0.29, 0.717) is 28.0 Å². The van der Waals surface area contributed by atoms with Crippen molar-refractivity contribution in [3.63, 3.8) is 0 Å². The zero-order valence-corrected chi connectivity index (χ0v) is 18.6. The number of amides is 2. The minimum atomic E-state index is -0.184. The van der Waals surface area contributed by atoms with Crippen molar-refractivity contribution in [1.82, 2.24) is 20.1 Å². The van der Waals surface area contributed by atoms with Gasteiger partial charge >= 0.3 is 0 Å². The molecule has 1 aromatic heterocycles. The van der Waals surface area contributed by atoms with Gasteiger partial charge in [-0.1, -0.05) is 29.4 Å². The summed E-state index contributed by atoms with van der Waals surface area (Å²) in [6.45, 7) is 0.525. The van der Waals surface area contributed by atoms with Crippen LogP contribution in [0.25, 0.3) is 0 Å². The lowest BCUT2D eigenvalue weighted by Gasteiger charge is -2.08. The van der Waals surface area contributed by atoms with Crippen molar-refractivity contribution in [3.8, 4) is 0 Å². The van der Waals surface area contributed by atoms with Crippen LogP contribution in [0.15, 0.2) is 64.9 Å². The highest BCUT2D eigenvalue weighted by Crippen LogP contribution is 2.20. The van der Waals surface area contributed by atoms with Crippen LogP contribution >= 0.6 is 35.1 Å². The fourth-order valence-electron chi connectivity index (χ4n) is 2.43. The van der Waals surface area contributed by atoms with Crippen LogP contribution in [0.3, 0.4) is 0 Å². The van der Waals surface area contributed by atoms with Crippen molar-refractivity contribution in [2.45, 2.75) is 10.1 Å². The molecule has 3 aromatic rings. The lowest BCUT2D eigenvalue weighted by Crippen LogP contribution is -2.25. The summed E-state index contributed by atoms with van der Waals surface area (Å²) in [6.07, 6.45) is 1.58. The summed E-state index contributed by atoms with van der Waals surface area (Å²) >= 11 is 8.81. The molecule has 7 nitrogen and oxygen atoms in total. The van der Waals surface area contributed by atoms with Gasteiger partial charge in [0, 0.05) is 40.5 Å². The summed E-state index contributed by atoms with van der Waals surface area (Å²) in [5, 5.41) is 14.8. The second-order valence-electron chi connectivity index (χ2n) is 6.20. The van der Waals surface area contributed by atoms with E-state index < -0.39 is 0 Å². The minimum Gasteiger partial charge on any atom is -0.351 e. The number of anilines is 1. The van der Waals surface area contributed by atoms with Crippen molar-refractivity contribution in [2.75, 3.05) is 23.4 Å². The fourth-order valence-corrected chi connectivity index (χ4v) is 4.02. The lowest BCUT2D eigenvalue weighted by molar-refractivity contribution is -0.113. The number of rotatable bonds is 9.